The molecule has 0 saturated heterocycles. The maximum absolute atomic E-state index is 11.0. The average Bonchev–Trinajstić information content (AvgIpc) is 3.31. The fraction of sp³-hybridized carbons (Fsp3) is 0.182. The van der Waals surface area contributed by atoms with Crippen molar-refractivity contribution in [3.8, 4) is 22.4 Å². The van der Waals surface area contributed by atoms with Gasteiger partial charge in [-0.25, -0.2) is 15.0 Å². The third-order valence-corrected chi connectivity index (χ3v) is 6.14. The standard InChI is InChI=1S/C22H17N5OS/c1-13-4-5-14(6-8-22(28)9-7-15-3-2-10-24-18(15)22)11-16(13)20-27-17-19(23)25-12-26-21(17)29-20/h2-5,10-12,28H,7,9H2,1H3,(H2,23,25,26). The quantitative estimate of drug-likeness (QED) is 0.477. The van der Waals surface area contributed by atoms with E-state index in [9.17, 15) is 5.11 Å². The Morgan fingerprint density at radius 2 is 2.10 bits per heavy atom. The molecule has 1 unspecified atom stereocenters. The second kappa shape index (κ2) is 6.62. The van der Waals surface area contributed by atoms with Crippen molar-refractivity contribution in [3.63, 3.8) is 0 Å². The molecule has 1 atom stereocenters. The fourth-order valence-corrected chi connectivity index (χ4v) is 4.56. The summed E-state index contributed by atoms with van der Waals surface area (Å²) >= 11 is 1.47. The highest BCUT2D eigenvalue weighted by atomic mass is 32.1. The maximum Gasteiger partial charge on any atom is 0.168 e. The van der Waals surface area contributed by atoms with Crippen LogP contribution in [0.4, 0.5) is 5.82 Å². The first-order valence-electron chi connectivity index (χ1n) is 9.21. The molecule has 0 spiro atoms. The van der Waals surface area contributed by atoms with Crippen LogP contribution in [0.1, 0.15) is 28.8 Å². The largest absolute Gasteiger partial charge is 0.382 e. The van der Waals surface area contributed by atoms with E-state index in [1.807, 2.05) is 37.3 Å². The van der Waals surface area contributed by atoms with Crippen molar-refractivity contribution in [1.29, 1.82) is 0 Å². The van der Waals surface area contributed by atoms with Gasteiger partial charge in [0, 0.05) is 17.3 Å². The lowest BCUT2D eigenvalue weighted by Crippen LogP contribution is -2.20. The summed E-state index contributed by atoms with van der Waals surface area (Å²) in [6.45, 7) is 2.03. The van der Waals surface area contributed by atoms with Crippen LogP contribution in [0.2, 0.25) is 0 Å². The Kier molecular flexibility index (Phi) is 4.05. The Hall–Kier alpha value is -3.34. The Morgan fingerprint density at radius 1 is 1.21 bits per heavy atom. The number of anilines is 1. The van der Waals surface area contributed by atoms with Crippen LogP contribution in [0.5, 0.6) is 0 Å². The van der Waals surface area contributed by atoms with Crippen molar-refractivity contribution in [2.75, 3.05) is 5.73 Å². The van der Waals surface area contributed by atoms with Crippen molar-refractivity contribution >= 4 is 27.5 Å². The normalized spacial score (nSPS) is 17.7. The van der Waals surface area contributed by atoms with Gasteiger partial charge in [-0.1, -0.05) is 35.3 Å². The van der Waals surface area contributed by atoms with Gasteiger partial charge in [-0.05, 0) is 49.1 Å². The lowest BCUT2D eigenvalue weighted by atomic mass is 10.00. The van der Waals surface area contributed by atoms with Gasteiger partial charge in [0.2, 0.25) is 0 Å². The molecule has 0 bridgehead atoms. The molecule has 0 fully saturated rings. The average molecular weight is 399 g/mol. The second-order valence-electron chi connectivity index (χ2n) is 7.08. The molecule has 142 valence electrons. The van der Waals surface area contributed by atoms with Gasteiger partial charge >= 0.3 is 0 Å². The molecule has 0 amide bonds. The molecule has 3 heterocycles. The molecule has 0 aliphatic heterocycles. The monoisotopic (exact) mass is 399 g/mol. The predicted molar refractivity (Wildman–Crippen MR) is 113 cm³/mol. The number of aromatic nitrogens is 4. The van der Waals surface area contributed by atoms with Gasteiger partial charge in [-0.15, -0.1) is 0 Å². The molecule has 0 saturated carbocycles. The number of aliphatic hydroxyl groups is 1. The molecule has 6 nitrogen and oxygen atoms in total. The van der Waals surface area contributed by atoms with E-state index in [0.717, 1.165) is 38.5 Å². The number of hydrogen-bond donors (Lipinski definition) is 2. The molecular weight excluding hydrogens is 382 g/mol. The van der Waals surface area contributed by atoms with Crippen LogP contribution in [0, 0.1) is 18.8 Å². The van der Waals surface area contributed by atoms with Crippen LogP contribution in [-0.2, 0) is 12.0 Å². The minimum Gasteiger partial charge on any atom is -0.382 e. The van der Waals surface area contributed by atoms with E-state index in [2.05, 4.69) is 31.8 Å². The van der Waals surface area contributed by atoms with E-state index in [0.29, 0.717) is 23.4 Å². The molecule has 1 aliphatic rings. The van der Waals surface area contributed by atoms with Crippen LogP contribution < -0.4 is 5.73 Å². The number of nitrogen functional groups attached to an aromatic ring is 1. The van der Waals surface area contributed by atoms with E-state index >= 15 is 0 Å². The summed E-state index contributed by atoms with van der Waals surface area (Å²) in [4.78, 5) is 18.0. The SMILES string of the molecule is Cc1ccc(C#CC2(O)CCc3cccnc32)cc1-c1nc2c(N)ncnc2s1. The first-order chi connectivity index (χ1) is 14.0. The van der Waals surface area contributed by atoms with Gasteiger partial charge in [0.25, 0.3) is 0 Å². The summed E-state index contributed by atoms with van der Waals surface area (Å²) in [5.41, 5.74) is 9.91. The number of rotatable bonds is 1. The van der Waals surface area contributed by atoms with Gasteiger partial charge in [0.05, 0.1) is 5.69 Å². The number of nitrogens with two attached hydrogens (primary N) is 1. The molecule has 3 aromatic heterocycles. The molecule has 0 radical (unpaired) electrons. The summed E-state index contributed by atoms with van der Waals surface area (Å²) in [5, 5.41) is 11.8. The number of hydrogen-bond acceptors (Lipinski definition) is 7. The van der Waals surface area contributed by atoms with Crippen LogP contribution in [0.15, 0.2) is 42.9 Å². The first-order valence-corrected chi connectivity index (χ1v) is 10.0. The lowest BCUT2D eigenvalue weighted by molar-refractivity contribution is 0.0982. The zero-order valence-corrected chi connectivity index (χ0v) is 16.5. The van der Waals surface area contributed by atoms with E-state index < -0.39 is 5.60 Å². The Morgan fingerprint density at radius 3 is 2.97 bits per heavy atom. The summed E-state index contributed by atoms with van der Waals surface area (Å²) < 4.78 is 0. The van der Waals surface area contributed by atoms with E-state index in [1.54, 1.807) is 6.20 Å². The molecular formula is C22H17N5OS. The Labute approximate surface area is 171 Å². The highest BCUT2D eigenvalue weighted by molar-refractivity contribution is 7.21. The zero-order chi connectivity index (χ0) is 20.0. The predicted octanol–water partition coefficient (Wildman–Crippen LogP) is 3.22. The maximum atomic E-state index is 11.0. The van der Waals surface area contributed by atoms with Crippen molar-refractivity contribution in [2.24, 2.45) is 0 Å². The van der Waals surface area contributed by atoms with Gasteiger partial charge in [-0.2, -0.15) is 0 Å². The second-order valence-corrected chi connectivity index (χ2v) is 8.06. The highest BCUT2D eigenvalue weighted by Crippen LogP contribution is 2.35. The first kappa shape index (κ1) is 17.7. The van der Waals surface area contributed by atoms with Crippen molar-refractivity contribution in [1.82, 2.24) is 19.9 Å². The number of nitrogens with zero attached hydrogens (tertiary/aromatic N) is 4. The molecule has 4 aromatic rings. The van der Waals surface area contributed by atoms with Gasteiger partial charge in [0.1, 0.15) is 21.7 Å². The van der Waals surface area contributed by atoms with Crippen molar-refractivity contribution in [2.45, 2.75) is 25.4 Å². The third-order valence-electron chi connectivity index (χ3n) is 5.14. The number of pyridine rings is 1. The lowest BCUT2D eigenvalue weighted by Gasteiger charge is -2.15. The van der Waals surface area contributed by atoms with E-state index in [4.69, 9.17) is 5.73 Å². The third kappa shape index (κ3) is 3.03. The molecule has 7 heteroatoms. The van der Waals surface area contributed by atoms with Gasteiger partial charge in [-0.3, -0.25) is 4.98 Å². The van der Waals surface area contributed by atoms with Gasteiger partial charge in [0.15, 0.2) is 11.4 Å². The van der Waals surface area contributed by atoms with Crippen LogP contribution >= 0.6 is 11.3 Å². The summed E-state index contributed by atoms with van der Waals surface area (Å²) in [7, 11) is 0. The zero-order valence-electron chi connectivity index (χ0n) is 15.7. The van der Waals surface area contributed by atoms with Crippen LogP contribution in [-0.4, -0.2) is 25.0 Å². The Bertz CT molecular complexity index is 1320. The smallest absolute Gasteiger partial charge is 0.168 e. The van der Waals surface area contributed by atoms with Crippen molar-refractivity contribution < 1.29 is 5.11 Å². The summed E-state index contributed by atoms with van der Waals surface area (Å²) in [5.74, 6) is 6.56. The van der Waals surface area contributed by atoms with E-state index in [1.165, 1.54) is 17.7 Å². The highest BCUT2D eigenvalue weighted by Gasteiger charge is 2.36. The topological polar surface area (TPSA) is 97.8 Å². The van der Waals surface area contributed by atoms with E-state index in [-0.39, 0.29) is 0 Å². The van der Waals surface area contributed by atoms with Crippen molar-refractivity contribution in [3.05, 3.63) is 65.2 Å². The number of fused-ring (bicyclic) bond motifs is 2. The summed E-state index contributed by atoms with van der Waals surface area (Å²) in [6.07, 6.45) is 4.48. The minimum atomic E-state index is -1.21. The van der Waals surface area contributed by atoms with Crippen LogP contribution in [0.25, 0.3) is 20.9 Å². The molecule has 29 heavy (non-hydrogen) atoms. The molecule has 1 aromatic carbocycles. The minimum absolute atomic E-state index is 0.376. The molecule has 5 rings (SSSR count). The number of thiazole rings is 1. The summed E-state index contributed by atoms with van der Waals surface area (Å²) in [6, 6.07) is 9.82. The Balaban J connectivity index is 1.54. The fourth-order valence-electron chi connectivity index (χ4n) is 3.56. The van der Waals surface area contributed by atoms with Crippen LogP contribution in [0.3, 0.4) is 0 Å². The molecule has 1 aliphatic carbocycles. The van der Waals surface area contributed by atoms with Gasteiger partial charge < -0.3 is 10.8 Å². The number of benzene rings is 1. The molecule has 3 N–H and O–H groups in total. The number of aryl methyl sites for hydroxylation is 2.